The molecule has 0 unspecified atom stereocenters. The maximum absolute atomic E-state index is 12.8. The van der Waals surface area contributed by atoms with Gasteiger partial charge in [-0.25, -0.2) is 8.42 Å². The largest absolute Gasteiger partial charge is 0.497 e. The van der Waals surface area contributed by atoms with E-state index >= 15 is 0 Å². The van der Waals surface area contributed by atoms with Crippen LogP contribution in [0.4, 0.5) is 0 Å². The Bertz CT molecular complexity index is 1150. The van der Waals surface area contributed by atoms with Crippen molar-refractivity contribution in [2.24, 2.45) is 0 Å². The number of rotatable bonds is 8. The van der Waals surface area contributed by atoms with Crippen LogP contribution in [0.1, 0.15) is 30.5 Å². The first-order valence-corrected chi connectivity index (χ1v) is 12.6. The van der Waals surface area contributed by atoms with Crippen molar-refractivity contribution in [1.29, 1.82) is 0 Å². The van der Waals surface area contributed by atoms with Crippen molar-refractivity contribution < 1.29 is 27.4 Å². The lowest BCUT2D eigenvalue weighted by molar-refractivity contribution is -0.122. The van der Waals surface area contributed by atoms with Crippen molar-refractivity contribution in [3.05, 3.63) is 53.1 Å². The highest BCUT2D eigenvalue weighted by atomic mass is 32.2. The average molecular weight is 475 g/mol. The number of ether oxygens (including phenoxy) is 3. The molecule has 0 bridgehead atoms. The van der Waals surface area contributed by atoms with Crippen LogP contribution in [-0.4, -0.2) is 56.8 Å². The molecule has 8 nitrogen and oxygen atoms in total. The topological polar surface area (TPSA) is 94.2 Å². The van der Waals surface area contributed by atoms with Crippen molar-refractivity contribution in [3.63, 3.8) is 0 Å². The molecule has 2 aliphatic heterocycles. The quantitative estimate of drug-likeness (QED) is 0.631. The third-order valence-electron chi connectivity index (χ3n) is 5.88. The second-order valence-corrected chi connectivity index (χ2v) is 11.0. The third kappa shape index (κ3) is 5.42. The minimum atomic E-state index is -3.50. The number of carbonyl (C=O) groups excluding carboxylic acids is 1. The van der Waals surface area contributed by atoms with Crippen molar-refractivity contribution in [1.82, 2.24) is 9.62 Å². The molecular weight excluding hydrogens is 444 g/mol. The molecule has 0 spiro atoms. The molecule has 4 rings (SSSR count). The Kier molecular flexibility index (Phi) is 6.54. The Balaban J connectivity index is 1.26. The maximum atomic E-state index is 12.8. The smallest absolute Gasteiger partial charge is 0.257 e. The van der Waals surface area contributed by atoms with Crippen LogP contribution in [0, 0.1) is 0 Å². The zero-order chi connectivity index (χ0) is 23.6. The summed E-state index contributed by atoms with van der Waals surface area (Å²) in [6.07, 6.45) is 1.41. The number of nitrogens with one attached hydrogen (secondary N) is 1. The summed E-state index contributed by atoms with van der Waals surface area (Å²) in [5.74, 6) is 1.41. The van der Waals surface area contributed by atoms with Crippen LogP contribution >= 0.6 is 0 Å². The average Bonchev–Trinajstić information content (AvgIpc) is 3.11. The lowest BCUT2D eigenvalue weighted by Gasteiger charge is -2.28. The Hall–Kier alpha value is -2.78. The molecule has 2 aromatic rings. The molecule has 9 heteroatoms. The number of hydrogen-bond donors (Lipinski definition) is 1. The molecular formula is C24H30N2O6S. The molecule has 0 aliphatic carbocycles. The molecule has 0 atom stereocenters. The molecule has 0 aromatic heterocycles. The standard InChI is InChI=1S/C24H30N2O6S/c1-24(2)14-18-5-4-6-21(23(18)32-24)31-16-22(27)25-10-12-33(28,29)26-11-9-17-13-20(30-3)8-7-19(17)15-26/h4-8,13H,9-12,14-16H2,1-3H3,(H,25,27). The number of methoxy groups -OCH3 is 1. The third-order valence-corrected chi connectivity index (χ3v) is 7.70. The number of fused-ring (bicyclic) bond motifs is 2. The van der Waals surface area contributed by atoms with E-state index in [4.69, 9.17) is 14.2 Å². The van der Waals surface area contributed by atoms with Gasteiger partial charge in [0.2, 0.25) is 10.0 Å². The molecule has 0 saturated carbocycles. The van der Waals surface area contributed by atoms with Crippen molar-refractivity contribution in [2.75, 3.05) is 32.6 Å². The van der Waals surface area contributed by atoms with Crippen LogP contribution in [0.2, 0.25) is 0 Å². The Labute approximate surface area is 194 Å². The molecule has 2 aliphatic rings. The van der Waals surface area contributed by atoms with Crippen LogP contribution in [0.3, 0.4) is 0 Å². The van der Waals surface area contributed by atoms with Gasteiger partial charge in [-0.15, -0.1) is 0 Å². The van der Waals surface area contributed by atoms with Crippen LogP contribution in [0.25, 0.3) is 0 Å². The van der Waals surface area contributed by atoms with Gasteiger partial charge < -0.3 is 19.5 Å². The zero-order valence-electron chi connectivity index (χ0n) is 19.2. The molecule has 0 fully saturated rings. The Morgan fingerprint density at radius 2 is 2.00 bits per heavy atom. The van der Waals surface area contributed by atoms with E-state index in [1.165, 1.54) is 4.31 Å². The monoisotopic (exact) mass is 474 g/mol. The summed E-state index contributed by atoms with van der Waals surface area (Å²) < 4.78 is 43.8. The number of hydrogen-bond acceptors (Lipinski definition) is 6. The van der Waals surface area contributed by atoms with E-state index in [0.29, 0.717) is 31.0 Å². The number of carbonyl (C=O) groups is 1. The van der Waals surface area contributed by atoms with Gasteiger partial charge in [0.25, 0.3) is 5.91 Å². The predicted molar refractivity (Wildman–Crippen MR) is 124 cm³/mol. The van der Waals surface area contributed by atoms with Gasteiger partial charge in [-0.3, -0.25) is 4.79 Å². The number of amides is 1. The van der Waals surface area contributed by atoms with E-state index in [2.05, 4.69) is 5.32 Å². The number of nitrogens with zero attached hydrogens (tertiary/aromatic N) is 1. The first-order chi connectivity index (χ1) is 15.7. The van der Waals surface area contributed by atoms with E-state index in [0.717, 1.165) is 28.9 Å². The molecule has 0 radical (unpaired) electrons. The summed E-state index contributed by atoms with van der Waals surface area (Å²) in [6.45, 7) is 4.55. The highest BCUT2D eigenvalue weighted by Gasteiger charge is 2.32. The van der Waals surface area contributed by atoms with E-state index in [9.17, 15) is 13.2 Å². The molecule has 1 N–H and O–H groups in total. The normalized spacial score (nSPS) is 16.9. The van der Waals surface area contributed by atoms with Gasteiger partial charge in [-0.05, 0) is 49.6 Å². The van der Waals surface area contributed by atoms with Gasteiger partial charge >= 0.3 is 0 Å². The first kappa shape index (κ1) is 23.4. The molecule has 0 saturated heterocycles. The van der Waals surface area contributed by atoms with Gasteiger partial charge in [0.1, 0.15) is 11.4 Å². The van der Waals surface area contributed by atoms with Crippen molar-refractivity contribution in [3.8, 4) is 17.2 Å². The summed E-state index contributed by atoms with van der Waals surface area (Å²) in [6, 6.07) is 11.3. The summed E-state index contributed by atoms with van der Waals surface area (Å²) in [5, 5.41) is 2.64. The second kappa shape index (κ2) is 9.23. The van der Waals surface area contributed by atoms with Gasteiger partial charge in [0, 0.05) is 31.6 Å². The fourth-order valence-corrected chi connectivity index (χ4v) is 5.54. The summed E-state index contributed by atoms with van der Waals surface area (Å²) in [7, 11) is -1.89. The van der Waals surface area contributed by atoms with Gasteiger partial charge in [-0.1, -0.05) is 18.2 Å². The minimum absolute atomic E-state index is 0.0208. The Morgan fingerprint density at radius 3 is 2.79 bits per heavy atom. The van der Waals surface area contributed by atoms with Crippen LogP contribution in [0.15, 0.2) is 36.4 Å². The van der Waals surface area contributed by atoms with E-state index in [1.807, 2.05) is 44.2 Å². The lowest BCUT2D eigenvalue weighted by atomic mass is 10.0. The molecule has 1 amide bonds. The van der Waals surface area contributed by atoms with Gasteiger partial charge in [0.05, 0.1) is 12.9 Å². The highest BCUT2D eigenvalue weighted by Crippen LogP contribution is 2.41. The number of benzene rings is 2. The highest BCUT2D eigenvalue weighted by molar-refractivity contribution is 7.89. The molecule has 33 heavy (non-hydrogen) atoms. The molecule has 2 aromatic carbocycles. The molecule has 2 heterocycles. The first-order valence-electron chi connectivity index (χ1n) is 11.0. The van der Waals surface area contributed by atoms with Crippen molar-refractivity contribution in [2.45, 2.75) is 38.8 Å². The fourth-order valence-electron chi connectivity index (χ4n) is 4.21. The van der Waals surface area contributed by atoms with E-state index in [1.54, 1.807) is 13.2 Å². The summed E-state index contributed by atoms with van der Waals surface area (Å²) >= 11 is 0. The second-order valence-electron chi connectivity index (χ2n) is 8.96. The maximum Gasteiger partial charge on any atom is 0.257 e. The van der Waals surface area contributed by atoms with Crippen LogP contribution in [-0.2, 0) is 34.2 Å². The van der Waals surface area contributed by atoms with E-state index < -0.39 is 10.0 Å². The van der Waals surface area contributed by atoms with Crippen molar-refractivity contribution >= 4 is 15.9 Å². The van der Waals surface area contributed by atoms with Gasteiger partial charge in [-0.2, -0.15) is 4.31 Å². The number of para-hydroxylation sites is 1. The summed E-state index contributed by atoms with van der Waals surface area (Å²) in [4.78, 5) is 12.2. The molecule has 178 valence electrons. The Morgan fingerprint density at radius 1 is 1.18 bits per heavy atom. The zero-order valence-corrected chi connectivity index (χ0v) is 20.0. The van der Waals surface area contributed by atoms with E-state index in [-0.39, 0.29) is 30.4 Å². The number of sulfonamides is 1. The van der Waals surface area contributed by atoms with Gasteiger partial charge in [0.15, 0.2) is 18.1 Å². The minimum Gasteiger partial charge on any atom is -0.497 e. The SMILES string of the molecule is COc1ccc2c(c1)CCN(S(=O)(=O)CCNC(=O)COc1cccc3c1OC(C)(C)C3)C2. The van der Waals surface area contributed by atoms with Crippen LogP contribution in [0.5, 0.6) is 17.2 Å². The lowest BCUT2D eigenvalue weighted by Crippen LogP contribution is -2.41. The summed E-state index contributed by atoms with van der Waals surface area (Å²) in [5.41, 5.74) is 2.82. The fraction of sp³-hybridized carbons (Fsp3) is 0.458. The van der Waals surface area contributed by atoms with Crippen LogP contribution < -0.4 is 19.5 Å². The predicted octanol–water partition coefficient (Wildman–Crippen LogP) is 2.29.